The van der Waals surface area contributed by atoms with Crippen LogP contribution in [0.2, 0.25) is 5.02 Å². The van der Waals surface area contributed by atoms with Crippen molar-refractivity contribution < 1.29 is 14.0 Å². The third-order valence-electron chi connectivity index (χ3n) is 5.97. The Morgan fingerprint density at radius 2 is 1.65 bits per heavy atom. The first-order chi connectivity index (χ1) is 16.4. The zero-order valence-corrected chi connectivity index (χ0v) is 19.9. The van der Waals surface area contributed by atoms with Gasteiger partial charge in [0.2, 0.25) is 0 Å². The highest BCUT2D eigenvalue weighted by Gasteiger charge is 2.35. The number of carbonyl (C=O) groups is 2. The molecule has 4 nitrogen and oxygen atoms in total. The molecular formula is C27H20ClFN2O2S. The van der Waals surface area contributed by atoms with Crippen molar-refractivity contribution in [2.24, 2.45) is 0 Å². The van der Waals surface area contributed by atoms with Crippen LogP contribution in [0.3, 0.4) is 0 Å². The fourth-order valence-corrected chi connectivity index (χ4v) is 5.20. The van der Waals surface area contributed by atoms with Gasteiger partial charge in [-0.2, -0.15) is 0 Å². The number of carbonyl (C=O) groups excluding carboxylic acids is 2. The fourth-order valence-electron chi connectivity index (χ4n) is 4.18. The van der Waals surface area contributed by atoms with Gasteiger partial charge in [0.15, 0.2) is 0 Å². The van der Waals surface area contributed by atoms with E-state index in [1.165, 1.54) is 17.0 Å². The Hall–Kier alpha value is -3.35. The number of hydrogen-bond acceptors (Lipinski definition) is 3. The predicted molar refractivity (Wildman–Crippen MR) is 135 cm³/mol. The number of benzene rings is 3. The SMILES string of the molecule is Cc1c(/C=C2\SC(=O)N(Cc3ccc(F)cc3)C2=O)c2ccccc2n1Cc1ccccc1Cl. The third kappa shape index (κ3) is 4.15. The largest absolute Gasteiger partial charge is 0.340 e. The lowest BCUT2D eigenvalue weighted by Crippen LogP contribution is -2.27. The highest BCUT2D eigenvalue weighted by molar-refractivity contribution is 8.18. The van der Waals surface area contributed by atoms with E-state index in [0.717, 1.165) is 39.5 Å². The number of imide groups is 1. The van der Waals surface area contributed by atoms with Gasteiger partial charge < -0.3 is 4.57 Å². The number of hydrogen-bond donors (Lipinski definition) is 0. The summed E-state index contributed by atoms with van der Waals surface area (Å²) in [5.41, 5.74) is 4.59. The molecule has 2 heterocycles. The molecule has 0 unspecified atom stereocenters. The van der Waals surface area contributed by atoms with Crippen molar-refractivity contribution in [3.05, 3.63) is 111 Å². The second-order valence-corrected chi connectivity index (χ2v) is 9.49. The monoisotopic (exact) mass is 490 g/mol. The van der Waals surface area contributed by atoms with Gasteiger partial charge in [-0.1, -0.05) is 60.1 Å². The standard InChI is InChI=1S/C27H20ClFN2O2S/c1-17-22(14-25-26(32)31(27(33)34-25)15-18-10-12-20(29)13-11-18)21-7-3-5-9-24(21)30(17)16-19-6-2-4-8-23(19)28/h2-14H,15-16H2,1H3/b25-14-. The van der Waals surface area contributed by atoms with Crippen molar-refractivity contribution in [1.29, 1.82) is 0 Å². The molecule has 34 heavy (non-hydrogen) atoms. The van der Waals surface area contributed by atoms with Gasteiger partial charge in [0.25, 0.3) is 11.1 Å². The molecule has 0 aliphatic carbocycles. The molecule has 0 spiro atoms. The molecule has 3 aromatic carbocycles. The molecule has 1 saturated heterocycles. The molecule has 2 amide bonds. The highest BCUT2D eigenvalue weighted by atomic mass is 35.5. The Morgan fingerprint density at radius 1 is 0.941 bits per heavy atom. The van der Waals surface area contributed by atoms with Crippen LogP contribution < -0.4 is 0 Å². The summed E-state index contributed by atoms with van der Waals surface area (Å²) in [4.78, 5) is 27.3. The van der Waals surface area contributed by atoms with Gasteiger partial charge in [-0.25, -0.2) is 4.39 Å². The zero-order chi connectivity index (χ0) is 23.8. The Labute approximate surface area is 205 Å². The molecule has 0 radical (unpaired) electrons. The Bertz CT molecular complexity index is 1460. The van der Waals surface area contributed by atoms with E-state index in [0.29, 0.717) is 22.0 Å². The maximum absolute atomic E-state index is 13.2. The molecule has 170 valence electrons. The van der Waals surface area contributed by atoms with Crippen LogP contribution in [0.15, 0.2) is 77.7 Å². The summed E-state index contributed by atoms with van der Waals surface area (Å²) in [5, 5.41) is 1.36. The van der Waals surface area contributed by atoms with Crippen molar-refractivity contribution in [1.82, 2.24) is 9.47 Å². The summed E-state index contributed by atoms with van der Waals surface area (Å²) in [7, 11) is 0. The van der Waals surface area contributed by atoms with Gasteiger partial charge in [0, 0.05) is 33.7 Å². The smallest absolute Gasteiger partial charge is 0.293 e. The number of amides is 2. The van der Waals surface area contributed by atoms with Crippen LogP contribution in [0.25, 0.3) is 17.0 Å². The molecule has 0 atom stereocenters. The van der Waals surface area contributed by atoms with Crippen LogP contribution in [0, 0.1) is 12.7 Å². The van der Waals surface area contributed by atoms with Crippen LogP contribution in [0.4, 0.5) is 9.18 Å². The number of fused-ring (bicyclic) bond motifs is 1. The Kier molecular flexibility index (Phi) is 6.02. The predicted octanol–water partition coefficient (Wildman–Crippen LogP) is 7.03. The molecule has 5 rings (SSSR count). The minimum absolute atomic E-state index is 0.107. The van der Waals surface area contributed by atoms with Gasteiger partial charge >= 0.3 is 0 Å². The third-order valence-corrected chi connectivity index (χ3v) is 7.25. The molecule has 1 aliphatic rings. The highest BCUT2D eigenvalue weighted by Crippen LogP contribution is 2.36. The van der Waals surface area contributed by atoms with Gasteiger partial charge in [-0.3, -0.25) is 14.5 Å². The summed E-state index contributed by atoms with van der Waals surface area (Å²) in [6.07, 6.45) is 1.80. The van der Waals surface area contributed by atoms with E-state index in [1.807, 2.05) is 55.5 Å². The lowest BCUT2D eigenvalue weighted by atomic mass is 10.1. The number of halogens is 2. The summed E-state index contributed by atoms with van der Waals surface area (Å²) in [6, 6.07) is 21.5. The minimum Gasteiger partial charge on any atom is -0.340 e. The number of thioether (sulfide) groups is 1. The quantitative estimate of drug-likeness (QED) is 0.282. The summed E-state index contributed by atoms with van der Waals surface area (Å²) >= 11 is 7.34. The lowest BCUT2D eigenvalue weighted by molar-refractivity contribution is -0.123. The first kappa shape index (κ1) is 22.4. The van der Waals surface area contributed by atoms with E-state index < -0.39 is 0 Å². The second-order valence-electron chi connectivity index (χ2n) is 8.09. The number of rotatable bonds is 5. The first-order valence-corrected chi connectivity index (χ1v) is 11.9. The van der Waals surface area contributed by atoms with Gasteiger partial charge in [-0.05, 0) is 60.2 Å². The van der Waals surface area contributed by atoms with E-state index in [1.54, 1.807) is 18.2 Å². The maximum Gasteiger partial charge on any atom is 0.293 e. The number of aromatic nitrogens is 1. The topological polar surface area (TPSA) is 42.3 Å². The molecule has 0 saturated carbocycles. The Balaban J connectivity index is 1.51. The van der Waals surface area contributed by atoms with Crippen molar-refractivity contribution in [2.75, 3.05) is 0 Å². The van der Waals surface area contributed by atoms with E-state index in [2.05, 4.69) is 4.57 Å². The van der Waals surface area contributed by atoms with Gasteiger partial charge in [0.05, 0.1) is 11.4 Å². The van der Waals surface area contributed by atoms with Crippen LogP contribution in [0.5, 0.6) is 0 Å². The Morgan fingerprint density at radius 3 is 2.41 bits per heavy atom. The average molecular weight is 491 g/mol. The van der Waals surface area contributed by atoms with Crippen molar-refractivity contribution >= 4 is 51.5 Å². The summed E-state index contributed by atoms with van der Waals surface area (Å²) in [5.74, 6) is -0.705. The number of nitrogens with zero attached hydrogens (tertiary/aromatic N) is 2. The summed E-state index contributed by atoms with van der Waals surface area (Å²) < 4.78 is 15.4. The van der Waals surface area contributed by atoms with Crippen LogP contribution in [-0.2, 0) is 17.9 Å². The van der Waals surface area contributed by atoms with E-state index in [-0.39, 0.29) is 23.5 Å². The summed E-state index contributed by atoms with van der Waals surface area (Å²) in [6.45, 7) is 2.70. The molecule has 4 aromatic rings. The number of para-hydroxylation sites is 1. The molecular weight excluding hydrogens is 471 g/mol. The molecule has 0 bridgehead atoms. The normalized spacial score (nSPS) is 15.1. The molecule has 1 aromatic heterocycles. The van der Waals surface area contributed by atoms with Crippen LogP contribution in [0.1, 0.15) is 22.4 Å². The van der Waals surface area contributed by atoms with Gasteiger partial charge in [0.1, 0.15) is 5.82 Å². The van der Waals surface area contributed by atoms with Crippen molar-refractivity contribution in [3.63, 3.8) is 0 Å². The second kappa shape index (κ2) is 9.12. The average Bonchev–Trinajstić information content (AvgIpc) is 3.25. The van der Waals surface area contributed by atoms with Crippen LogP contribution in [-0.4, -0.2) is 20.6 Å². The molecule has 1 fully saturated rings. The minimum atomic E-state index is -0.360. The lowest BCUT2D eigenvalue weighted by Gasteiger charge is -2.12. The van der Waals surface area contributed by atoms with Gasteiger partial charge in [-0.15, -0.1) is 0 Å². The fraction of sp³-hybridized carbons (Fsp3) is 0.111. The van der Waals surface area contributed by atoms with E-state index in [4.69, 9.17) is 11.6 Å². The van der Waals surface area contributed by atoms with E-state index in [9.17, 15) is 14.0 Å². The van der Waals surface area contributed by atoms with Crippen LogP contribution >= 0.6 is 23.4 Å². The first-order valence-electron chi connectivity index (χ1n) is 10.7. The van der Waals surface area contributed by atoms with E-state index >= 15 is 0 Å². The van der Waals surface area contributed by atoms with Crippen molar-refractivity contribution in [2.45, 2.75) is 20.0 Å². The molecule has 1 aliphatic heterocycles. The van der Waals surface area contributed by atoms with Crippen molar-refractivity contribution in [3.8, 4) is 0 Å². The zero-order valence-electron chi connectivity index (χ0n) is 18.3. The molecule has 0 N–H and O–H groups in total. The molecule has 7 heteroatoms. The maximum atomic E-state index is 13.2.